The minimum absolute atomic E-state index is 0.00639. The summed E-state index contributed by atoms with van der Waals surface area (Å²) in [4.78, 5) is 11.2. The first-order chi connectivity index (χ1) is 8.13. The molecule has 0 fully saturated rings. The number of nitrogens with one attached hydrogen (secondary N) is 1. The number of aliphatic hydroxyl groups excluding tert-OH is 1. The van der Waals surface area contributed by atoms with E-state index in [2.05, 4.69) is 5.32 Å². The van der Waals surface area contributed by atoms with Gasteiger partial charge >= 0.3 is 0 Å². The van der Waals surface area contributed by atoms with E-state index >= 15 is 0 Å². The molecule has 0 aliphatic rings. The van der Waals surface area contributed by atoms with E-state index in [0.29, 0.717) is 25.3 Å². The molecule has 0 bridgehead atoms. The lowest BCUT2D eigenvalue weighted by molar-refractivity contribution is -0.121. The second-order valence-corrected chi connectivity index (χ2v) is 3.80. The molecule has 0 spiro atoms. The topological polar surface area (TPSA) is 58.6 Å². The number of carbonyl (C=O) groups excluding carboxylic acids is 1. The van der Waals surface area contributed by atoms with Crippen LogP contribution in [0, 0.1) is 0 Å². The first kappa shape index (κ1) is 13.5. The Morgan fingerprint density at radius 1 is 1.41 bits per heavy atom. The molecule has 4 nitrogen and oxygen atoms in total. The fraction of sp³-hybridized carbons (Fsp3) is 0.462. The van der Waals surface area contributed by atoms with Crippen LogP contribution in [0.25, 0.3) is 0 Å². The number of ether oxygens (including phenoxy) is 1. The van der Waals surface area contributed by atoms with Gasteiger partial charge < -0.3 is 15.2 Å². The van der Waals surface area contributed by atoms with Crippen LogP contribution in [-0.4, -0.2) is 24.2 Å². The van der Waals surface area contributed by atoms with Crippen LogP contribution in [0.3, 0.4) is 0 Å². The van der Waals surface area contributed by atoms with E-state index < -0.39 is 6.10 Å². The summed E-state index contributed by atoms with van der Waals surface area (Å²) in [6.07, 6.45) is -0.120. The van der Waals surface area contributed by atoms with Gasteiger partial charge in [-0.15, -0.1) is 0 Å². The van der Waals surface area contributed by atoms with Crippen molar-refractivity contribution in [2.24, 2.45) is 0 Å². The Kier molecular flexibility index (Phi) is 5.49. The predicted molar refractivity (Wildman–Crippen MR) is 65.9 cm³/mol. The van der Waals surface area contributed by atoms with E-state index in [9.17, 15) is 9.90 Å². The summed E-state index contributed by atoms with van der Waals surface area (Å²) in [6, 6.07) is 7.21. The maximum Gasteiger partial charge on any atom is 0.223 e. The van der Waals surface area contributed by atoms with Crippen LogP contribution in [0.15, 0.2) is 24.3 Å². The molecule has 0 aliphatic carbocycles. The minimum Gasteiger partial charge on any atom is -0.493 e. The van der Waals surface area contributed by atoms with Gasteiger partial charge in [-0.05, 0) is 31.5 Å². The molecule has 0 heterocycles. The van der Waals surface area contributed by atoms with Gasteiger partial charge in [-0.1, -0.05) is 12.1 Å². The average molecular weight is 237 g/mol. The van der Waals surface area contributed by atoms with Crippen molar-refractivity contribution in [3.05, 3.63) is 29.8 Å². The number of aliphatic hydroxyl groups is 1. The third-order valence-electron chi connectivity index (χ3n) is 2.33. The quantitative estimate of drug-likeness (QED) is 0.791. The Balaban J connectivity index is 2.35. The molecule has 0 radical (unpaired) electrons. The Bertz CT molecular complexity index is 346. The van der Waals surface area contributed by atoms with Crippen molar-refractivity contribution in [2.45, 2.75) is 26.4 Å². The maximum absolute atomic E-state index is 11.2. The molecule has 0 aromatic heterocycles. The Labute approximate surface area is 102 Å². The van der Waals surface area contributed by atoms with Gasteiger partial charge in [0, 0.05) is 6.54 Å². The van der Waals surface area contributed by atoms with Gasteiger partial charge in [0.15, 0.2) is 0 Å². The van der Waals surface area contributed by atoms with Crippen LogP contribution >= 0.6 is 0 Å². The molecule has 0 saturated heterocycles. The van der Waals surface area contributed by atoms with Crippen molar-refractivity contribution >= 4 is 5.91 Å². The zero-order valence-corrected chi connectivity index (χ0v) is 10.3. The van der Waals surface area contributed by atoms with E-state index in [4.69, 9.17) is 4.74 Å². The van der Waals surface area contributed by atoms with Crippen LogP contribution in [0.5, 0.6) is 5.75 Å². The monoisotopic (exact) mass is 237 g/mol. The zero-order valence-electron chi connectivity index (χ0n) is 10.3. The first-order valence-electron chi connectivity index (χ1n) is 5.81. The lowest BCUT2D eigenvalue weighted by atomic mass is 10.1. The second kappa shape index (κ2) is 6.91. The predicted octanol–water partition coefficient (Wildman–Crippen LogP) is 1.64. The molecular weight excluding hydrogens is 218 g/mol. The fourth-order valence-electron chi connectivity index (χ4n) is 1.39. The smallest absolute Gasteiger partial charge is 0.223 e. The molecule has 0 aliphatic heterocycles. The van der Waals surface area contributed by atoms with Crippen molar-refractivity contribution in [2.75, 3.05) is 13.2 Å². The van der Waals surface area contributed by atoms with E-state index in [0.717, 1.165) is 5.56 Å². The number of rotatable bonds is 6. The van der Waals surface area contributed by atoms with E-state index in [1.807, 2.05) is 19.1 Å². The highest BCUT2D eigenvalue weighted by Gasteiger charge is 2.02. The molecule has 1 amide bonds. The third-order valence-corrected chi connectivity index (χ3v) is 2.33. The summed E-state index contributed by atoms with van der Waals surface area (Å²) < 4.78 is 5.42. The summed E-state index contributed by atoms with van der Waals surface area (Å²) in [7, 11) is 0. The van der Waals surface area contributed by atoms with Crippen LogP contribution < -0.4 is 10.1 Å². The highest BCUT2D eigenvalue weighted by molar-refractivity contribution is 5.75. The van der Waals surface area contributed by atoms with Crippen molar-refractivity contribution < 1.29 is 14.6 Å². The maximum atomic E-state index is 11.2. The first-order valence-corrected chi connectivity index (χ1v) is 5.81. The second-order valence-electron chi connectivity index (χ2n) is 3.80. The summed E-state index contributed by atoms with van der Waals surface area (Å²) in [5.74, 6) is 0.701. The van der Waals surface area contributed by atoms with Crippen molar-refractivity contribution in [1.29, 1.82) is 0 Å². The van der Waals surface area contributed by atoms with Crippen molar-refractivity contribution in [1.82, 2.24) is 5.32 Å². The SMILES string of the molecule is CCNC(=O)CCOc1ccc([C@H](C)O)cc1. The molecule has 1 aromatic carbocycles. The molecule has 1 atom stereocenters. The Hall–Kier alpha value is -1.55. The van der Waals surface area contributed by atoms with Crippen LogP contribution in [-0.2, 0) is 4.79 Å². The van der Waals surface area contributed by atoms with Gasteiger partial charge in [0.25, 0.3) is 0 Å². The normalized spacial score (nSPS) is 11.9. The average Bonchev–Trinajstić information content (AvgIpc) is 2.30. The molecule has 2 N–H and O–H groups in total. The fourth-order valence-corrected chi connectivity index (χ4v) is 1.39. The number of hydrogen-bond acceptors (Lipinski definition) is 3. The van der Waals surface area contributed by atoms with E-state index in [1.165, 1.54) is 0 Å². The van der Waals surface area contributed by atoms with Crippen LogP contribution in [0.2, 0.25) is 0 Å². The van der Waals surface area contributed by atoms with E-state index in [-0.39, 0.29) is 5.91 Å². The van der Waals surface area contributed by atoms with Crippen molar-refractivity contribution in [3.63, 3.8) is 0 Å². The molecule has 17 heavy (non-hydrogen) atoms. The van der Waals surface area contributed by atoms with Gasteiger partial charge in [-0.3, -0.25) is 4.79 Å². The van der Waals surface area contributed by atoms with Crippen LogP contribution in [0.1, 0.15) is 31.9 Å². The number of amides is 1. The lowest BCUT2D eigenvalue weighted by Gasteiger charge is -2.08. The molecule has 4 heteroatoms. The largest absolute Gasteiger partial charge is 0.493 e. The van der Waals surface area contributed by atoms with Gasteiger partial charge in [0.05, 0.1) is 19.1 Å². The molecule has 1 rings (SSSR count). The zero-order chi connectivity index (χ0) is 12.7. The van der Waals surface area contributed by atoms with Crippen molar-refractivity contribution in [3.8, 4) is 5.75 Å². The third kappa shape index (κ3) is 4.87. The summed E-state index contributed by atoms with van der Waals surface area (Å²) >= 11 is 0. The Morgan fingerprint density at radius 3 is 2.59 bits per heavy atom. The number of hydrogen-bond donors (Lipinski definition) is 2. The minimum atomic E-state index is -0.473. The summed E-state index contributed by atoms with van der Waals surface area (Å²) in [6.45, 7) is 4.60. The van der Waals surface area contributed by atoms with E-state index in [1.54, 1.807) is 19.1 Å². The van der Waals surface area contributed by atoms with Gasteiger partial charge in [-0.25, -0.2) is 0 Å². The summed E-state index contributed by atoms with van der Waals surface area (Å²) in [5.41, 5.74) is 0.848. The Morgan fingerprint density at radius 2 is 2.06 bits per heavy atom. The summed E-state index contributed by atoms with van der Waals surface area (Å²) in [5, 5.41) is 12.0. The van der Waals surface area contributed by atoms with Gasteiger partial charge in [0.2, 0.25) is 5.91 Å². The van der Waals surface area contributed by atoms with Crippen LogP contribution in [0.4, 0.5) is 0 Å². The number of benzene rings is 1. The highest BCUT2D eigenvalue weighted by Crippen LogP contribution is 2.17. The molecule has 94 valence electrons. The highest BCUT2D eigenvalue weighted by atomic mass is 16.5. The molecular formula is C13H19NO3. The van der Waals surface area contributed by atoms with Gasteiger partial charge in [0.1, 0.15) is 5.75 Å². The molecule has 1 aromatic rings. The standard InChI is InChI=1S/C13H19NO3/c1-3-14-13(16)8-9-17-12-6-4-11(5-7-12)10(2)15/h4-7,10,15H,3,8-9H2,1-2H3,(H,14,16)/t10-/m0/s1. The number of carbonyl (C=O) groups is 1. The van der Waals surface area contributed by atoms with Gasteiger partial charge in [-0.2, -0.15) is 0 Å². The molecule has 0 saturated carbocycles. The lowest BCUT2D eigenvalue weighted by Crippen LogP contribution is -2.24. The molecule has 0 unspecified atom stereocenters.